The third-order valence-electron chi connectivity index (χ3n) is 2.93. The van der Waals surface area contributed by atoms with E-state index in [0.717, 1.165) is 13.0 Å². The van der Waals surface area contributed by atoms with Crippen LogP contribution < -0.4 is 5.32 Å². The zero-order valence-electron chi connectivity index (χ0n) is 10.8. The molecular weight excluding hydrogens is 216 g/mol. The van der Waals surface area contributed by atoms with Crippen molar-refractivity contribution in [2.24, 2.45) is 0 Å². The third kappa shape index (κ3) is 5.08. The van der Waals surface area contributed by atoms with Gasteiger partial charge in [-0.2, -0.15) is 0 Å². The van der Waals surface area contributed by atoms with Crippen LogP contribution in [0.25, 0.3) is 0 Å². The van der Waals surface area contributed by atoms with E-state index in [1.807, 2.05) is 5.51 Å². The van der Waals surface area contributed by atoms with E-state index in [9.17, 15) is 0 Å². The molecule has 3 heteroatoms. The smallest absolute Gasteiger partial charge is 0.0797 e. The summed E-state index contributed by atoms with van der Waals surface area (Å²) in [7, 11) is 0. The number of aromatic nitrogens is 1. The Balaban J connectivity index is 2.08. The van der Waals surface area contributed by atoms with E-state index < -0.39 is 0 Å². The van der Waals surface area contributed by atoms with Crippen LogP contribution in [-0.2, 0) is 6.42 Å². The van der Waals surface area contributed by atoms with Gasteiger partial charge in [0.05, 0.1) is 11.2 Å². The molecule has 1 atom stereocenters. The van der Waals surface area contributed by atoms with E-state index in [0.29, 0.717) is 6.04 Å². The summed E-state index contributed by atoms with van der Waals surface area (Å²) in [4.78, 5) is 5.69. The molecule has 1 aromatic rings. The minimum atomic E-state index is 0.653. The molecule has 0 saturated heterocycles. The van der Waals surface area contributed by atoms with Crippen molar-refractivity contribution in [2.45, 2.75) is 58.9 Å². The van der Waals surface area contributed by atoms with Crippen molar-refractivity contribution in [3.8, 4) is 0 Å². The van der Waals surface area contributed by atoms with E-state index in [4.69, 9.17) is 0 Å². The van der Waals surface area contributed by atoms with Crippen LogP contribution in [0.15, 0.2) is 5.51 Å². The van der Waals surface area contributed by atoms with Crippen LogP contribution >= 0.6 is 11.3 Å². The maximum Gasteiger partial charge on any atom is 0.0797 e. The van der Waals surface area contributed by atoms with Gasteiger partial charge >= 0.3 is 0 Å². The van der Waals surface area contributed by atoms with Crippen LogP contribution in [0.4, 0.5) is 0 Å². The zero-order chi connectivity index (χ0) is 11.8. The third-order valence-corrected chi connectivity index (χ3v) is 3.93. The summed E-state index contributed by atoms with van der Waals surface area (Å²) in [6.45, 7) is 7.71. The summed E-state index contributed by atoms with van der Waals surface area (Å²) in [5.41, 5.74) is 3.14. The largest absolute Gasteiger partial charge is 0.314 e. The molecule has 2 nitrogen and oxygen atoms in total. The predicted octanol–water partition coefficient (Wildman–Crippen LogP) is 3.55. The van der Waals surface area contributed by atoms with Gasteiger partial charge in [0, 0.05) is 17.5 Å². The fourth-order valence-electron chi connectivity index (χ4n) is 1.80. The maximum absolute atomic E-state index is 4.27. The molecule has 1 rings (SSSR count). The standard InChI is InChI=1S/C13H24N2S/c1-4-5-6-7-11(2)14-9-8-13-12(3)15-10-16-13/h10-11,14H,4-9H2,1-3H3. The average Bonchev–Trinajstić information content (AvgIpc) is 2.65. The van der Waals surface area contributed by atoms with Gasteiger partial charge in [0.25, 0.3) is 0 Å². The van der Waals surface area contributed by atoms with Crippen LogP contribution in [0.5, 0.6) is 0 Å². The van der Waals surface area contributed by atoms with Gasteiger partial charge in [-0.25, -0.2) is 4.98 Å². The molecule has 0 aliphatic carbocycles. The lowest BCUT2D eigenvalue weighted by Gasteiger charge is -2.12. The van der Waals surface area contributed by atoms with Gasteiger partial charge in [-0.3, -0.25) is 0 Å². The second kappa shape index (κ2) is 7.80. The Bertz CT molecular complexity index is 283. The van der Waals surface area contributed by atoms with Crippen molar-refractivity contribution in [3.05, 3.63) is 16.1 Å². The monoisotopic (exact) mass is 240 g/mol. The molecule has 0 bridgehead atoms. The van der Waals surface area contributed by atoms with Crippen molar-refractivity contribution >= 4 is 11.3 Å². The van der Waals surface area contributed by atoms with Gasteiger partial charge in [-0.15, -0.1) is 11.3 Å². The van der Waals surface area contributed by atoms with Crippen LogP contribution in [0, 0.1) is 6.92 Å². The predicted molar refractivity (Wildman–Crippen MR) is 72.2 cm³/mol. The highest BCUT2D eigenvalue weighted by Crippen LogP contribution is 2.12. The molecule has 0 amide bonds. The highest BCUT2D eigenvalue weighted by atomic mass is 32.1. The van der Waals surface area contributed by atoms with Gasteiger partial charge in [0.1, 0.15) is 0 Å². The first-order valence-electron chi connectivity index (χ1n) is 6.36. The molecule has 0 aliphatic rings. The normalized spacial score (nSPS) is 12.9. The van der Waals surface area contributed by atoms with Gasteiger partial charge in [-0.1, -0.05) is 26.2 Å². The lowest BCUT2D eigenvalue weighted by Crippen LogP contribution is -2.27. The second-order valence-electron chi connectivity index (χ2n) is 4.46. The average molecular weight is 240 g/mol. The summed E-state index contributed by atoms with van der Waals surface area (Å²) in [6.07, 6.45) is 6.45. The van der Waals surface area contributed by atoms with E-state index in [-0.39, 0.29) is 0 Å². The highest BCUT2D eigenvalue weighted by molar-refractivity contribution is 7.09. The first kappa shape index (κ1) is 13.7. The van der Waals surface area contributed by atoms with E-state index in [2.05, 4.69) is 31.1 Å². The van der Waals surface area contributed by atoms with Crippen molar-refractivity contribution in [1.29, 1.82) is 0 Å². The number of thiazole rings is 1. The Morgan fingerprint density at radius 3 is 2.88 bits per heavy atom. The summed E-state index contributed by atoms with van der Waals surface area (Å²) in [6, 6.07) is 0.653. The molecular formula is C13H24N2S. The van der Waals surface area contributed by atoms with Crippen LogP contribution in [-0.4, -0.2) is 17.6 Å². The molecule has 0 fully saturated rings. The molecule has 0 saturated carbocycles. The summed E-state index contributed by atoms with van der Waals surface area (Å²) < 4.78 is 0. The maximum atomic E-state index is 4.27. The fraction of sp³-hybridized carbons (Fsp3) is 0.769. The van der Waals surface area contributed by atoms with Crippen LogP contribution in [0.2, 0.25) is 0 Å². The lowest BCUT2D eigenvalue weighted by molar-refractivity contribution is 0.491. The molecule has 16 heavy (non-hydrogen) atoms. The number of aryl methyl sites for hydroxylation is 1. The number of nitrogens with one attached hydrogen (secondary N) is 1. The molecule has 1 heterocycles. The molecule has 1 aromatic heterocycles. The Morgan fingerprint density at radius 2 is 2.25 bits per heavy atom. The van der Waals surface area contributed by atoms with E-state index >= 15 is 0 Å². The van der Waals surface area contributed by atoms with Gasteiger partial charge in [-0.05, 0) is 26.7 Å². The number of hydrogen-bond donors (Lipinski definition) is 1. The van der Waals surface area contributed by atoms with Crippen molar-refractivity contribution in [2.75, 3.05) is 6.54 Å². The summed E-state index contributed by atoms with van der Waals surface area (Å²) >= 11 is 1.77. The SMILES string of the molecule is CCCCCC(C)NCCc1scnc1C. The van der Waals surface area contributed by atoms with Gasteiger partial charge < -0.3 is 5.32 Å². The minimum Gasteiger partial charge on any atom is -0.314 e. The Labute approximate surface area is 103 Å². The van der Waals surface area contributed by atoms with Crippen LogP contribution in [0.3, 0.4) is 0 Å². The Hall–Kier alpha value is -0.410. The van der Waals surface area contributed by atoms with Gasteiger partial charge in [0.15, 0.2) is 0 Å². The summed E-state index contributed by atoms with van der Waals surface area (Å²) in [5.74, 6) is 0. The topological polar surface area (TPSA) is 24.9 Å². The van der Waals surface area contributed by atoms with Crippen LogP contribution in [0.1, 0.15) is 50.1 Å². The first-order chi connectivity index (χ1) is 7.74. The Kier molecular flexibility index (Phi) is 6.65. The fourth-order valence-corrected chi connectivity index (χ4v) is 2.58. The molecule has 92 valence electrons. The first-order valence-corrected chi connectivity index (χ1v) is 7.24. The number of hydrogen-bond acceptors (Lipinski definition) is 3. The molecule has 0 spiro atoms. The van der Waals surface area contributed by atoms with E-state index in [1.54, 1.807) is 11.3 Å². The molecule has 0 aliphatic heterocycles. The highest BCUT2D eigenvalue weighted by Gasteiger charge is 2.03. The van der Waals surface area contributed by atoms with Crippen molar-refractivity contribution in [1.82, 2.24) is 10.3 Å². The molecule has 1 N–H and O–H groups in total. The minimum absolute atomic E-state index is 0.653. The number of unbranched alkanes of at least 4 members (excludes halogenated alkanes) is 2. The van der Waals surface area contributed by atoms with Gasteiger partial charge in [0.2, 0.25) is 0 Å². The zero-order valence-corrected chi connectivity index (χ0v) is 11.6. The van der Waals surface area contributed by atoms with E-state index in [1.165, 1.54) is 36.3 Å². The lowest BCUT2D eigenvalue weighted by atomic mass is 10.1. The second-order valence-corrected chi connectivity index (χ2v) is 5.40. The molecule has 0 radical (unpaired) electrons. The number of rotatable bonds is 8. The number of nitrogens with zero attached hydrogens (tertiary/aromatic N) is 1. The molecule has 1 unspecified atom stereocenters. The summed E-state index contributed by atoms with van der Waals surface area (Å²) in [5, 5.41) is 3.59. The molecule has 0 aromatic carbocycles. The van der Waals surface area contributed by atoms with Crippen molar-refractivity contribution < 1.29 is 0 Å². The van der Waals surface area contributed by atoms with Crippen molar-refractivity contribution in [3.63, 3.8) is 0 Å². The quantitative estimate of drug-likeness (QED) is 0.703. The Morgan fingerprint density at radius 1 is 1.44 bits per heavy atom.